The summed E-state index contributed by atoms with van der Waals surface area (Å²) in [7, 11) is 4.40. The van der Waals surface area contributed by atoms with Gasteiger partial charge < -0.3 is 19.3 Å². The maximum atomic E-state index is 13.7. The predicted molar refractivity (Wildman–Crippen MR) is 124 cm³/mol. The lowest BCUT2D eigenvalue weighted by molar-refractivity contribution is -0.132. The minimum absolute atomic E-state index is 0.154. The van der Waals surface area contributed by atoms with E-state index in [1.807, 2.05) is 0 Å². The number of hydrogen-bond donors (Lipinski definition) is 1. The number of Topliss-reactive ketones (excluding diaryl/α,β-unsaturated/α-hetero) is 1. The average molecular weight is 463 g/mol. The lowest BCUT2D eigenvalue weighted by atomic mass is 9.94. The van der Waals surface area contributed by atoms with Gasteiger partial charge in [0.25, 0.3) is 11.7 Å². The van der Waals surface area contributed by atoms with E-state index < -0.39 is 29.3 Å². The zero-order valence-electron chi connectivity index (χ0n) is 18.7. The van der Waals surface area contributed by atoms with Gasteiger partial charge in [-0.05, 0) is 60.2 Å². The molecule has 1 unspecified atom stereocenters. The molecule has 1 aliphatic heterocycles. The van der Waals surface area contributed by atoms with Gasteiger partial charge in [-0.25, -0.2) is 4.39 Å². The molecule has 7 nitrogen and oxygen atoms in total. The Balaban J connectivity index is 1.96. The smallest absolute Gasteiger partial charge is 0.300 e. The Morgan fingerprint density at radius 3 is 2.06 bits per heavy atom. The van der Waals surface area contributed by atoms with Crippen LogP contribution in [0.25, 0.3) is 5.76 Å². The van der Waals surface area contributed by atoms with Crippen molar-refractivity contribution in [3.05, 3.63) is 89.2 Å². The first-order valence-corrected chi connectivity index (χ1v) is 10.3. The molecule has 1 fully saturated rings. The zero-order valence-corrected chi connectivity index (χ0v) is 18.7. The van der Waals surface area contributed by atoms with Gasteiger partial charge in [0.15, 0.2) is 0 Å². The molecule has 1 saturated heterocycles. The van der Waals surface area contributed by atoms with Gasteiger partial charge in [-0.2, -0.15) is 0 Å². The Morgan fingerprint density at radius 1 is 0.853 bits per heavy atom. The number of hydrogen-bond acceptors (Lipinski definition) is 6. The number of ether oxygens (including phenoxy) is 3. The number of carbonyl (C=O) groups is 2. The van der Waals surface area contributed by atoms with Crippen LogP contribution in [0.3, 0.4) is 0 Å². The second kappa shape index (κ2) is 9.27. The van der Waals surface area contributed by atoms with Crippen molar-refractivity contribution < 1.29 is 33.3 Å². The fraction of sp³-hybridized carbons (Fsp3) is 0.154. The van der Waals surface area contributed by atoms with Crippen LogP contribution < -0.4 is 19.1 Å². The Labute approximate surface area is 195 Å². The molecule has 3 aromatic rings. The third-order valence-electron chi connectivity index (χ3n) is 5.64. The molecule has 34 heavy (non-hydrogen) atoms. The molecule has 0 spiro atoms. The SMILES string of the molecule is COc1ccc(N2C(=O)C(=O)/C(=C(/O)c3cc(OC)ccc3OC)C2c2ccc(F)cc2)cc1. The summed E-state index contributed by atoms with van der Waals surface area (Å²) >= 11 is 0. The normalized spacial score (nSPS) is 17.1. The fourth-order valence-electron chi connectivity index (χ4n) is 3.95. The van der Waals surface area contributed by atoms with E-state index in [9.17, 15) is 19.1 Å². The van der Waals surface area contributed by atoms with E-state index in [1.165, 1.54) is 56.6 Å². The van der Waals surface area contributed by atoms with E-state index in [1.54, 1.807) is 36.4 Å². The monoisotopic (exact) mass is 463 g/mol. The van der Waals surface area contributed by atoms with E-state index >= 15 is 0 Å². The molecule has 1 heterocycles. The van der Waals surface area contributed by atoms with Crippen LogP contribution in [0.5, 0.6) is 17.2 Å². The van der Waals surface area contributed by atoms with Gasteiger partial charge in [0.05, 0.1) is 38.5 Å². The molecule has 0 saturated carbocycles. The summed E-state index contributed by atoms with van der Waals surface area (Å²) in [5.74, 6) is -1.34. The van der Waals surface area contributed by atoms with Gasteiger partial charge in [-0.15, -0.1) is 0 Å². The average Bonchev–Trinajstić information content (AvgIpc) is 3.13. The molecule has 4 rings (SSSR count). The molecular weight excluding hydrogens is 441 g/mol. The predicted octanol–water partition coefficient (Wildman–Crippen LogP) is 4.48. The first-order valence-electron chi connectivity index (χ1n) is 10.3. The third kappa shape index (κ3) is 3.94. The van der Waals surface area contributed by atoms with E-state index in [4.69, 9.17) is 14.2 Å². The second-order valence-corrected chi connectivity index (χ2v) is 7.48. The minimum atomic E-state index is -1.01. The summed E-state index contributed by atoms with van der Waals surface area (Å²) in [4.78, 5) is 27.7. The number of carbonyl (C=O) groups excluding carboxylic acids is 2. The number of ketones is 1. The van der Waals surface area contributed by atoms with Gasteiger partial charge >= 0.3 is 0 Å². The van der Waals surface area contributed by atoms with Crippen LogP contribution in [0.15, 0.2) is 72.3 Å². The number of nitrogens with zero attached hydrogens (tertiary/aromatic N) is 1. The van der Waals surface area contributed by atoms with Crippen LogP contribution in [0.1, 0.15) is 17.2 Å². The maximum absolute atomic E-state index is 13.7. The summed E-state index contributed by atoms with van der Waals surface area (Å²) in [6.07, 6.45) is 0. The Morgan fingerprint density at radius 2 is 1.47 bits per heavy atom. The van der Waals surface area contributed by atoms with E-state index in [0.717, 1.165) is 0 Å². The molecular formula is C26H22FNO6. The van der Waals surface area contributed by atoms with E-state index in [2.05, 4.69) is 0 Å². The summed E-state index contributed by atoms with van der Waals surface area (Å²) < 4.78 is 29.5. The number of benzene rings is 3. The van der Waals surface area contributed by atoms with Crippen LogP contribution in [0.2, 0.25) is 0 Å². The van der Waals surface area contributed by atoms with Crippen molar-refractivity contribution in [2.24, 2.45) is 0 Å². The van der Waals surface area contributed by atoms with Crippen LogP contribution in [0, 0.1) is 5.82 Å². The number of anilines is 1. The first-order chi connectivity index (χ1) is 16.4. The number of aliphatic hydroxyl groups is 1. The molecule has 1 amide bonds. The highest BCUT2D eigenvalue weighted by Crippen LogP contribution is 2.44. The molecule has 3 aromatic carbocycles. The largest absolute Gasteiger partial charge is 0.507 e. The van der Waals surface area contributed by atoms with Crippen molar-refractivity contribution >= 4 is 23.1 Å². The number of amides is 1. The maximum Gasteiger partial charge on any atom is 0.300 e. The summed E-state index contributed by atoms with van der Waals surface area (Å²) in [6, 6.07) is 15.7. The van der Waals surface area contributed by atoms with Gasteiger partial charge in [-0.1, -0.05) is 12.1 Å². The van der Waals surface area contributed by atoms with Crippen molar-refractivity contribution in [2.45, 2.75) is 6.04 Å². The second-order valence-electron chi connectivity index (χ2n) is 7.48. The topological polar surface area (TPSA) is 85.3 Å². The Hall–Kier alpha value is -4.33. The van der Waals surface area contributed by atoms with Crippen molar-refractivity contribution in [1.29, 1.82) is 0 Å². The van der Waals surface area contributed by atoms with Crippen molar-refractivity contribution in [1.82, 2.24) is 0 Å². The van der Waals surface area contributed by atoms with E-state index in [0.29, 0.717) is 22.7 Å². The molecule has 174 valence electrons. The molecule has 1 N–H and O–H groups in total. The van der Waals surface area contributed by atoms with Crippen LogP contribution >= 0.6 is 0 Å². The number of aliphatic hydroxyl groups excluding tert-OH is 1. The first kappa shape index (κ1) is 22.8. The molecule has 0 aliphatic carbocycles. The quantitative estimate of drug-likeness (QED) is 0.330. The fourth-order valence-corrected chi connectivity index (χ4v) is 3.95. The summed E-state index contributed by atoms with van der Waals surface area (Å²) in [5, 5.41) is 11.3. The number of rotatable bonds is 6. The lowest BCUT2D eigenvalue weighted by Gasteiger charge is -2.25. The highest BCUT2D eigenvalue weighted by molar-refractivity contribution is 6.51. The molecule has 0 bridgehead atoms. The van der Waals surface area contributed by atoms with Crippen LogP contribution in [0.4, 0.5) is 10.1 Å². The van der Waals surface area contributed by atoms with Gasteiger partial charge in [0.2, 0.25) is 0 Å². The molecule has 0 aromatic heterocycles. The molecule has 1 atom stereocenters. The molecule has 0 radical (unpaired) electrons. The van der Waals surface area contributed by atoms with Crippen molar-refractivity contribution in [3.63, 3.8) is 0 Å². The Kier molecular flexibility index (Phi) is 6.23. The van der Waals surface area contributed by atoms with Crippen molar-refractivity contribution in [3.8, 4) is 17.2 Å². The highest BCUT2D eigenvalue weighted by Gasteiger charge is 2.47. The number of methoxy groups -OCH3 is 3. The van der Waals surface area contributed by atoms with Crippen molar-refractivity contribution in [2.75, 3.05) is 26.2 Å². The highest BCUT2D eigenvalue weighted by atomic mass is 19.1. The summed E-state index contributed by atoms with van der Waals surface area (Å²) in [5.41, 5.74) is 0.884. The zero-order chi connectivity index (χ0) is 24.4. The van der Waals surface area contributed by atoms with E-state index in [-0.39, 0.29) is 16.9 Å². The van der Waals surface area contributed by atoms with Gasteiger partial charge in [0.1, 0.15) is 28.8 Å². The van der Waals surface area contributed by atoms with Gasteiger partial charge in [-0.3, -0.25) is 14.5 Å². The lowest BCUT2D eigenvalue weighted by Crippen LogP contribution is -2.29. The molecule has 1 aliphatic rings. The van der Waals surface area contributed by atoms with Crippen LogP contribution in [-0.4, -0.2) is 38.1 Å². The minimum Gasteiger partial charge on any atom is -0.507 e. The molecule has 8 heteroatoms. The van der Waals surface area contributed by atoms with Crippen LogP contribution in [-0.2, 0) is 9.59 Å². The third-order valence-corrected chi connectivity index (χ3v) is 5.64. The Bertz CT molecular complexity index is 1270. The van der Waals surface area contributed by atoms with Gasteiger partial charge in [0, 0.05) is 5.69 Å². The summed E-state index contributed by atoms with van der Waals surface area (Å²) in [6.45, 7) is 0. The number of halogens is 1. The standard InChI is InChI=1S/C26H22FNO6/c1-32-18-10-8-17(9-11-18)28-23(15-4-6-16(27)7-5-15)22(25(30)26(28)31)24(29)20-14-19(33-2)12-13-21(20)34-3/h4-14,23,29H,1-3H3/b24-22+.